The van der Waals surface area contributed by atoms with E-state index in [1.165, 1.54) is 12.8 Å². The molecule has 154 valence electrons. The minimum Gasteiger partial charge on any atom is -0.484 e. The maximum atomic E-state index is 12.6. The summed E-state index contributed by atoms with van der Waals surface area (Å²) in [5.41, 5.74) is 4.22. The molecule has 0 aliphatic carbocycles. The molecule has 6 heteroatoms. The van der Waals surface area contributed by atoms with Gasteiger partial charge in [-0.15, -0.1) is 0 Å². The molecule has 2 aromatic carbocycles. The van der Waals surface area contributed by atoms with E-state index in [1.54, 1.807) is 0 Å². The molecule has 29 heavy (non-hydrogen) atoms. The molecule has 0 aromatic heterocycles. The third kappa shape index (κ3) is 5.01. The van der Waals surface area contributed by atoms with E-state index in [0.717, 1.165) is 62.0 Å². The van der Waals surface area contributed by atoms with Gasteiger partial charge in [0.1, 0.15) is 5.75 Å². The zero-order chi connectivity index (χ0) is 20.1. The smallest absolute Gasteiger partial charge is 0.262 e. The number of aryl methyl sites for hydroxylation is 1. The Morgan fingerprint density at radius 3 is 2.45 bits per heavy atom. The Bertz CT molecular complexity index is 826. The predicted octanol–water partition coefficient (Wildman–Crippen LogP) is 3.45. The summed E-state index contributed by atoms with van der Waals surface area (Å²) < 4.78 is 11.1. The number of rotatable bonds is 6. The lowest BCUT2D eigenvalue weighted by atomic mass is 10.2. The van der Waals surface area contributed by atoms with Crippen LogP contribution in [0.1, 0.15) is 18.4 Å². The molecule has 2 aliphatic heterocycles. The van der Waals surface area contributed by atoms with Gasteiger partial charge in [0.25, 0.3) is 5.91 Å². The van der Waals surface area contributed by atoms with Crippen LogP contribution >= 0.6 is 0 Å². The maximum absolute atomic E-state index is 12.6. The minimum absolute atomic E-state index is 0.00964. The van der Waals surface area contributed by atoms with E-state index in [0.29, 0.717) is 5.75 Å². The van der Waals surface area contributed by atoms with Crippen molar-refractivity contribution >= 4 is 23.0 Å². The van der Waals surface area contributed by atoms with Gasteiger partial charge in [0.05, 0.1) is 24.6 Å². The second kappa shape index (κ2) is 9.18. The number of nitrogens with zero attached hydrogens (tertiary/aromatic N) is 2. The van der Waals surface area contributed by atoms with Gasteiger partial charge in [-0.1, -0.05) is 17.7 Å². The van der Waals surface area contributed by atoms with E-state index in [1.807, 2.05) is 31.2 Å². The van der Waals surface area contributed by atoms with Crippen LogP contribution in [0.4, 0.5) is 17.1 Å². The van der Waals surface area contributed by atoms with Crippen molar-refractivity contribution in [1.82, 2.24) is 0 Å². The van der Waals surface area contributed by atoms with Crippen molar-refractivity contribution in [1.29, 1.82) is 0 Å². The SMILES string of the molecule is Cc1ccc(OCC(=O)Nc2cc(N3CCOCC3)ccc2N2CCCC2)cc1. The van der Waals surface area contributed by atoms with Crippen LogP contribution < -0.4 is 19.9 Å². The highest BCUT2D eigenvalue weighted by molar-refractivity contribution is 5.96. The second-order valence-electron chi connectivity index (χ2n) is 7.64. The van der Waals surface area contributed by atoms with Crippen molar-refractivity contribution in [2.75, 3.05) is 61.1 Å². The van der Waals surface area contributed by atoms with E-state index >= 15 is 0 Å². The van der Waals surface area contributed by atoms with E-state index in [-0.39, 0.29) is 12.5 Å². The first kappa shape index (κ1) is 19.6. The molecule has 1 N–H and O–H groups in total. The van der Waals surface area contributed by atoms with E-state index in [4.69, 9.17) is 9.47 Å². The highest BCUT2D eigenvalue weighted by Gasteiger charge is 2.20. The summed E-state index contributed by atoms with van der Waals surface area (Å²) in [5, 5.41) is 3.09. The van der Waals surface area contributed by atoms with Crippen LogP contribution in [-0.2, 0) is 9.53 Å². The molecule has 2 saturated heterocycles. The monoisotopic (exact) mass is 395 g/mol. The molecular formula is C23H29N3O3. The maximum Gasteiger partial charge on any atom is 0.262 e. The van der Waals surface area contributed by atoms with Gasteiger partial charge >= 0.3 is 0 Å². The Morgan fingerprint density at radius 1 is 1.00 bits per heavy atom. The van der Waals surface area contributed by atoms with Crippen LogP contribution in [-0.4, -0.2) is 51.9 Å². The summed E-state index contributed by atoms with van der Waals surface area (Å²) in [5.74, 6) is 0.553. The molecule has 6 nitrogen and oxygen atoms in total. The average Bonchev–Trinajstić information content (AvgIpc) is 3.29. The predicted molar refractivity (Wildman–Crippen MR) is 116 cm³/mol. The zero-order valence-electron chi connectivity index (χ0n) is 17.0. The van der Waals surface area contributed by atoms with Gasteiger partial charge in [-0.05, 0) is 50.1 Å². The molecule has 0 saturated carbocycles. The van der Waals surface area contributed by atoms with Gasteiger partial charge in [-0.2, -0.15) is 0 Å². The molecule has 0 bridgehead atoms. The number of anilines is 3. The normalized spacial score (nSPS) is 16.7. The second-order valence-corrected chi connectivity index (χ2v) is 7.64. The molecule has 2 aliphatic rings. The number of ether oxygens (including phenoxy) is 2. The van der Waals surface area contributed by atoms with E-state index in [2.05, 4.69) is 33.3 Å². The van der Waals surface area contributed by atoms with Crippen LogP contribution in [0.2, 0.25) is 0 Å². The summed E-state index contributed by atoms with van der Waals surface area (Å²) in [7, 11) is 0. The number of nitrogens with one attached hydrogen (secondary N) is 1. The molecule has 2 aromatic rings. The Morgan fingerprint density at radius 2 is 1.72 bits per heavy atom. The van der Waals surface area contributed by atoms with Gasteiger partial charge in [0.2, 0.25) is 0 Å². The fraction of sp³-hybridized carbons (Fsp3) is 0.435. The Labute approximate surface area is 172 Å². The molecule has 0 radical (unpaired) electrons. The van der Waals surface area contributed by atoms with Crippen molar-refractivity contribution in [3.05, 3.63) is 48.0 Å². The van der Waals surface area contributed by atoms with Crippen LogP contribution in [0.25, 0.3) is 0 Å². The summed E-state index contributed by atoms with van der Waals surface area (Å²) in [4.78, 5) is 17.3. The largest absolute Gasteiger partial charge is 0.484 e. The first-order valence-corrected chi connectivity index (χ1v) is 10.4. The van der Waals surface area contributed by atoms with E-state index in [9.17, 15) is 4.79 Å². The Kier molecular flexibility index (Phi) is 6.20. The topological polar surface area (TPSA) is 54.0 Å². The highest BCUT2D eigenvalue weighted by Crippen LogP contribution is 2.33. The summed E-state index contributed by atoms with van der Waals surface area (Å²) in [6.07, 6.45) is 2.38. The number of hydrogen-bond acceptors (Lipinski definition) is 5. The molecule has 0 atom stereocenters. The molecule has 2 fully saturated rings. The van der Waals surface area contributed by atoms with Crippen LogP contribution in [0.15, 0.2) is 42.5 Å². The minimum atomic E-state index is -0.148. The van der Waals surface area contributed by atoms with Gasteiger partial charge in [-0.3, -0.25) is 4.79 Å². The van der Waals surface area contributed by atoms with Crippen molar-refractivity contribution in [2.45, 2.75) is 19.8 Å². The Balaban J connectivity index is 1.47. The number of amides is 1. The number of morpholine rings is 1. The first-order chi connectivity index (χ1) is 14.2. The standard InChI is InChI=1S/C23H29N3O3/c1-18-4-7-20(8-5-18)29-17-23(27)24-21-16-19(25-12-14-28-15-13-25)6-9-22(21)26-10-2-3-11-26/h4-9,16H,2-3,10-15,17H2,1H3,(H,24,27). The molecule has 1 amide bonds. The van der Waals surface area contributed by atoms with Gasteiger partial charge in [-0.25, -0.2) is 0 Å². The third-order valence-electron chi connectivity index (χ3n) is 5.47. The summed E-state index contributed by atoms with van der Waals surface area (Å²) in [6, 6.07) is 14.1. The molecule has 2 heterocycles. The lowest BCUT2D eigenvalue weighted by Gasteiger charge is -2.30. The summed E-state index contributed by atoms with van der Waals surface area (Å²) in [6.45, 7) is 7.28. The fourth-order valence-corrected chi connectivity index (χ4v) is 3.85. The lowest BCUT2D eigenvalue weighted by Crippen LogP contribution is -2.36. The van der Waals surface area contributed by atoms with Gasteiger partial charge in [0.15, 0.2) is 6.61 Å². The molecule has 4 rings (SSSR count). The number of carbonyl (C=O) groups excluding carboxylic acids is 1. The van der Waals surface area contributed by atoms with Crippen LogP contribution in [0.5, 0.6) is 5.75 Å². The van der Waals surface area contributed by atoms with Gasteiger partial charge in [0, 0.05) is 31.9 Å². The van der Waals surface area contributed by atoms with Gasteiger partial charge < -0.3 is 24.6 Å². The highest BCUT2D eigenvalue weighted by atomic mass is 16.5. The van der Waals surface area contributed by atoms with Crippen LogP contribution in [0.3, 0.4) is 0 Å². The Hall–Kier alpha value is -2.73. The quantitative estimate of drug-likeness (QED) is 0.812. The molecule has 0 unspecified atom stereocenters. The van der Waals surface area contributed by atoms with E-state index < -0.39 is 0 Å². The fourth-order valence-electron chi connectivity index (χ4n) is 3.85. The van der Waals surface area contributed by atoms with Crippen molar-refractivity contribution < 1.29 is 14.3 Å². The number of carbonyl (C=O) groups is 1. The number of benzene rings is 2. The first-order valence-electron chi connectivity index (χ1n) is 10.4. The van der Waals surface area contributed by atoms with Crippen LogP contribution in [0, 0.1) is 6.92 Å². The zero-order valence-corrected chi connectivity index (χ0v) is 17.0. The molecule has 0 spiro atoms. The summed E-state index contributed by atoms with van der Waals surface area (Å²) >= 11 is 0. The van der Waals surface area contributed by atoms with Crippen molar-refractivity contribution in [3.8, 4) is 5.75 Å². The van der Waals surface area contributed by atoms with Crippen molar-refractivity contribution in [2.24, 2.45) is 0 Å². The van der Waals surface area contributed by atoms with Crippen molar-refractivity contribution in [3.63, 3.8) is 0 Å². The number of hydrogen-bond donors (Lipinski definition) is 1. The lowest BCUT2D eigenvalue weighted by molar-refractivity contribution is -0.118. The third-order valence-corrected chi connectivity index (χ3v) is 5.47. The average molecular weight is 396 g/mol. The molecular weight excluding hydrogens is 366 g/mol.